The van der Waals surface area contributed by atoms with Gasteiger partial charge in [-0.15, -0.1) is 0 Å². The van der Waals surface area contributed by atoms with Gasteiger partial charge in [-0.2, -0.15) is 0 Å². The summed E-state index contributed by atoms with van der Waals surface area (Å²) < 4.78 is 13.2. The van der Waals surface area contributed by atoms with Gasteiger partial charge in [-0.1, -0.05) is 60.4 Å². The van der Waals surface area contributed by atoms with Crippen LogP contribution in [-0.4, -0.2) is 28.7 Å². The monoisotopic (exact) mass is 549 g/mol. The van der Waals surface area contributed by atoms with Crippen LogP contribution in [0.4, 0.5) is 0 Å². The number of aromatic amines is 1. The van der Waals surface area contributed by atoms with Crippen LogP contribution in [0, 0.1) is 0 Å². The first-order chi connectivity index (χ1) is 19.5. The van der Waals surface area contributed by atoms with Crippen LogP contribution >= 0.6 is 11.3 Å². The highest BCUT2D eigenvalue weighted by molar-refractivity contribution is 7.07. The molecule has 2 aromatic heterocycles. The maximum absolute atomic E-state index is 13.9. The molecule has 8 heteroatoms. The molecule has 40 heavy (non-hydrogen) atoms. The molecule has 0 saturated carbocycles. The predicted octanol–water partition coefficient (Wildman–Crippen LogP) is 5.00. The van der Waals surface area contributed by atoms with Crippen molar-refractivity contribution in [2.75, 3.05) is 13.2 Å². The van der Waals surface area contributed by atoms with Crippen molar-refractivity contribution in [1.82, 2.24) is 9.55 Å². The second-order valence-corrected chi connectivity index (χ2v) is 10.5. The number of ether oxygens (including phenoxy) is 2. The minimum atomic E-state index is -0.679. The molecule has 0 unspecified atom stereocenters. The Bertz CT molecular complexity index is 1990. The van der Waals surface area contributed by atoms with Crippen molar-refractivity contribution >= 4 is 45.2 Å². The minimum absolute atomic E-state index is 0.214. The van der Waals surface area contributed by atoms with Gasteiger partial charge in [0.25, 0.3) is 5.56 Å². The van der Waals surface area contributed by atoms with Crippen molar-refractivity contribution in [3.63, 3.8) is 0 Å². The average Bonchev–Trinajstić information content (AvgIpc) is 3.48. The van der Waals surface area contributed by atoms with Gasteiger partial charge in [-0.25, -0.2) is 9.79 Å². The van der Waals surface area contributed by atoms with Crippen LogP contribution < -0.4 is 19.6 Å². The molecule has 7 nitrogen and oxygen atoms in total. The van der Waals surface area contributed by atoms with E-state index in [1.165, 1.54) is 11.3 Å². The topological polar surface area (TPSA) is 85.7 Å². The molecule has 0 amide bonds. The van der Waals surface area contributed by atoms with E-state index in [9.17, 15) is 9.59 Å². The molecule has 5 aromatic rings. The van der Waals surface area contributed by atoms with Crippen molar-refractivity contribution in [1.29, 1.82) is 0 Å². The standard InChI is InChI=1S/C32H27N3O4S/c1-4-16-39-22-13-11-21(12-14-22)29-28(31(37)38-5-2)19(3)33-32-35(29)30(36)27(40-32)18-20-10-15-26-24(17-20)23-8-6-7-9-25(23)34-26/h4,6-15,17-18,29,34H,1,5,16H2,2-3H3/b27-18+/t29-/m1/s1. The van der Waals surface area contributed by atoms with Crippen LogP contribution in [0.3, 0.4) is 0 Å². The first-order valence-electron chi connectivity index (χ1n) is 13.0. The Morgan fingerprint density at radius 1 is 1.10 bits per heavy atom. The summed E-state index contributed by atoms with van der Waals surface area (Å²) >= 11 is 1.31. The largest absolute Gasteiger partial charge is 0.490 e. The lowest BCUT2D eigenvalue weighted by molar-refractivity contribution is -0.139. The summed E-state index contributed by atoms with van der Waals surface area (Å²) in [6.45, 7) is 7.82. The van der Waals surface area contributed by atoms with E-state index in [2.05, 4.69) is 34.8 Å². The number of hydrogen-bond acceptors (Lipinski definition) is 6. The van der Waals surface area contributed by atoms with E-state index in [4.69, 9.17) is 9.47 Å². The lowest BCUT2D eigenvalue weighted by atomic mass is 9.96. The van der Waals surface area contributed by atoms with Gasteiger partial charge in [0.05, 0.1) is 28.5 Å². The van der Waals surface area contributed by atoms with Crippen molar-refractivity contribution in [2.45, 2.75) is 19.9 Å². The van der Waals surface area contributed by atoms with E-state index in [1.54, 1.807) is 24.5 Å². The van der Waals surface area contributed by atoms with Crippen molar-refractivity contribution in [2.24, 2.45) is 4.99 Å². The molecule has 1 N–H and O–H groups in total. The minimum Gasteiger partial charge on any atom is -0.490 e. The number of hydrogen-bond donors (Lipinski definition) is 1. The Labute approximate surface area is 234 Å². The second-order valence-electron chi connectivity index (χ2n) is 9.45. The fraction of sp³-hybridized carbons (Fsp3) is 0.156. The summed E-state index contributed by atoms with van der Waals surface area (Å²) in [6, 6.07) is 21.0. The molecular weight excluding hydrogens is 522 g/mol. The van der Waals surface area contributed by atoms with Crippen LogP contribution in [0.25, 0.3) is 27.9 Å². The number of carbonyl (C=O) groups excluding carboxylic acids is 1. The molecule has 0 bridgehead atoms. The molecule has 1 aliphatic rings. The second kappa shape index (κ2) is 10.5. The van der Waals surface area contributed by atoms with E-state index < -0.39 is 12.0 Å². The quantitative estimate of drug-likeness (QED) is 0.229. The number of benzene rings is 3. The van der Waals surface area contributed by atoms with Crippen molar-refractivity contribution < 1.29 is 14.3 Å². The zero-order chi connectivity index (χ0) is 27.8. The molecule has 6 rings (SSSR count). The number of fused-ring (bicyclic) bond motifs is 4. The van der Waals surface area contributed by atoms with E-state index in [-0.39, 0.29) is 12.2 Å². The molecule has 1 aliphatic heterocycles. The van der Waals surface area contributed by atoms with Gasteiger partial charge in [0.1, 0.15) is 12.4 Å². The number of esters is 1. The number of nitrogens with zero attached hydrogens (tertiary/aromatic N) is 2. The molecule has 3 aromatic carbocycles. The lowest BCUT2D eigenvalue weighted by Crippen LogP contribution is -2.39. The summed E-state index contributed by atoms with van der Waals surface area (Å²) in [4.78, 5) is 35.7. The van der Waals surface area contributed by atoms with E-state index in [0.29, 0.717) is 33.0 Å². The van der Waals surface area contributed by atoms with Gasteiger partial charge in [0.2, 0.25) is 0 Å². The third-order valence-electron chi connectivity index (χ3n) is 6.91. The molecule has 200 valence electrons. The van der Waals surface area contributed by atoms with Gasteiger partial charge in [-0.05, 0) is 61.4 Å². The number of thiazole rings is 1. The van der Waals surface area contributed by atoms with E-state index >= 15 is 0 Å². The molecular formula is C32H27N3O4S. The van der Waals surface area contributed by atoms with Crippen LogP contribution in [-0.2, 0) is 9.53 Å². The summed E-state index contributed by atoms with van der Waals surface area (Å²) in [7, 11) is 0. The number of allylic oxidation sites excluding steroid dienone is 1. The Kier molecular flexibility index (Phi) is 6.69. The fourth-order valence-electron chi connectivity index (χ4n) is 5.12. The smallest absolute Gasteiger partial charge is 0.338 e. The Balaban J connectivity index is 1.49. The summed E-state index contributed by atoms with van der Waals surface area (Å²) in [5.74, 6) is 0.182. The molecule has 0 aliphatic carbocycles. The molecule has 0 radical (unpaired) electrons. The Hall–Kier alpha value is -4.69. The van der Waals surface area contributed by atoms with Gasteiger partial charge in [0, 0.05) is 21.8 Å². The van der Waals surface area contributed by atoms with E-state index in [1.807, 2.05) is 54.6 Å². The number of rotatable bonds is 7. The molecule has 1 atom stereocenters. The molecule has 0 fully saturated rings. The Morgan fingerprint density at radius 2 is 1.88 bits per heavy atom. The van der Waals surface area contributed by atoms with Crippen LogP contribution in [0.1, 0.15) is 31.0 Å². The van der Waals surface area contributed by atoms with Crippen molar-refractivity contribution in [3.8, 4) is 5.75 Å². The first kappa shape index (κ1) is 25.6. The highest BCUT2D eigenvalue weighted by Gasteiger charge is 2.33. The zero-order valence-corrected chi connectivity index (χ0v) is 23.0. The SMILES string of the molecule is C=CCOc1ccc([C@@H]2C(C(=O)OCC)=C(C)N=c3s/c(=C/c4ccc5[nH]c6ccccc6c5c4)c(=O)n32)cc1. The number of nitrogens with one attached hydrogen (secondary N) is 1. The maximum atomic E-state index is 13.9. The fourth-order valence-corrected chi connectivity index (χ4v) is 6.16. The number of H-pyrrole nitrogens is 1. The van der Waals surface area contributed by atoms with Crippen LogP contribution in [0.15, 0.2) is 100 Å². The van der Waals surface area contributed by atoms with Crippen LogP contribution in [0.5, 0.6) is 5.75 Å². The first-order valence-corrected chi connectivity index (χ1v) is 13.8. The predicted molar refractivity (Wildman–Crippen MR) is 158 cm³/mol. The van der Waals surface area contributed by atoms with Gasteiger partial charge < -0.3 is 14.5 Å². The van der Waals surface area contributed by atoms with Gasteiger partial charge in [0.15, 0.2) is 4.80 Å². The maximum Gasteiger partial charge on any atom is 0.338 e. The summed E-state index contributed by atoms with van der Waals surface area (Å²) in [6.07, 6.45) is 3.56. The third-order valence-corrected chi connectivity index (χ3v) is 7.89. The summed E-state index contributed by atoms with van der Waals surface area (Å²) in [5.41, 5.74) is 4.44. The molecule has 0 saturated heterocycles. The normalized spacial score (nSPS) is 15.2. The van der Waals surface area contributed by atoms with Gasteiger partial charge >= 0.3 is 5.97 Å². The lowest BCUT2D eigenvalue weighted by Gasteiger charge is -2.24. The van der Waals surface area contributed by atoms with Crippen LogP contribution in [0.2, 0.25) is 0 Å². The number of para-hydroxylation sites is 1. The third kappa shape index (κ3) is 4.46. The highest BCUT2D eigenvalue weighted by Crippen LogP contribution is 2.32. The Morgan fingerprint density at radius 3 is 2.65 bits per heavy atom. The summed E-state index contributed by atoms with van der Waals surface area (Å²) in [5, 5.41) is 2.22. The average molecular weight is 550 g/mol. The van der Waals surface area contributed by atoms with Gasteiger partial charge in [-0.3, -0.25) is 9.36 Å². The number of carbonyl (C=O) groups is 1. The molecule has 0 spiro atoms. The molecule has 3 heterocycles. The van der Waals surface area contributed by atoms with Crippen molar-refractivity contribution in [3.05, 3.63) is 121 Å². The zero-order valence-electron chi connectivity index (χ0n) is 22.1. The number of aromatic nitrogens is 2. The highest BCUT2D eigenvalue weighted by atomic mass is 32.1. The van der Waals surface area contributed by atoms with E-state index in [0.717, 1.165) is 32.9 Å².